The van der Waals surface area contributed by atoms with Crippen molar-refractivity contribution >= 4 is 29.2 Å². The number of amides is 2. The molecule has 1 atom stereocenters. The van der Waals surface area contributed by atoms with Crippen LogP contribution in [0.15, 0.2) is 29.2 Å². The van der Waals surface area contributed by atoms with Crippen LogP contribution < -0.4 is 11.3 Å². The SMILES string of the molecule is NC(=O)N1CCc2cc(=O)[nH]cc2C1c1cc(Cl)c(Cl)cc1F. The molecule has 0 fully saturated rings. The van der Waals surface area contributed by atoms with Gasteiger partial charge in [0.15, 0.2) is 0 Å². The Hall–Kier alpha value is -2.05. The summed E-state index contributed by atoms with van der Waals surface area (Å²) in [6.07, 6.45) is 1.93. The fourth-order valence-electron chi connectivity index (χ4n) is 2.85. The van der Waals surface area contributed by atoms with Crippen LogP contribution in [0.5, 0.6) is 0 Å². The number of carbonyl (C=O) groups is 1. The first-order chi connectivity index (χ1) is 10.9. The number of primary amides is 1. The van der Waals surface area contributed by atoms with E-state index in [2.05, 4.69) is 4.98 Å². The molecular formula is C15H12Cl2FN3O2. The van der Waals surface area contributed by atoms with Crippen molar-refractivity contribution in [2.24, 2.45) is 5.73 Å². The molecule has 3 rings (SSSR count). The molecule has 1 aliphatic heterocycles. The van der Waals surface area contributed by atoms with E-state index < -0.39 is 17.9 Å². The highest BCUT2D eigenvalue weighted by Crippen LogP contribution is 2.38. The van der Waals surface area contributed by atoms with Crippen molar-refractivity contribution in [1.82, 2.24) is 9.88 Å². The number of nitrogens with one attached hydrogen (secondary N) is 1. The van der Waals surface area contributed by atoms with E-state index in [0.717, 1.165) is 11.6 Å². The van der Waals surface area contributed by atoms with Crippen molar-refractivity contribution in [2.45, 2.75) is 12.5 Å². The third-order valence-electron chi connectivity index (χ3n) is 3.89. The van der Waals surface area contributed by atoms with Gasteiger partial charge in [-0.2, -0.15) is 0 Å². The van der Waals surface area contributed by atoms with Crippen molar-refractivity contribution in [3.8, 4) is 0 Å². The van der Waals surface area contributed by atoms with E-state index in [0.29, 0.717) is 12.0 Å². The molecule has 120 valence electrons. The number of nitrogens with two attached hydrogens (primary N) is 1. The highest BCUT2D eigenvalue weighted by atomic mass is 35.5. The molecule has 2 aromatic rings. The number of aromatic amines is 1. The summed E-state index contributed by atoms with van der Waals surface area (Å²) in [5, 5.41) is 0.250. The largest absolute Gasteiger partial charge is 0.351 e. The van der Waals surface area contributed by atoms with Gasteiger partial charge in [0.2, 0.25) is 5.56 Å². The van der Waals surface area contributed by atoms with Gasteiger partial charge >= 0.3 is 6.03 Å². The monoisotopic (exact) mass is 355 g/mol. The average Bonchev–Trinajstić information content (AvgIpc) is 2.49. The lowest BCUT2D eigenvalue weighted by molar-refractivity contribution is 0.188. The molecule has 0 bridgehead atoms. The predicted octanol–water partition coefficient (Wildman–Crippen LogP) is 2.85. The predicted molar refractivity (Wildman–Crippen MR) is 85.3 cm³/mol. The molecule has 23 heavy (non-hydrogen) atoms. The van der Waals surface area contributed by atoms with E-state index in [1.165, 1.54) is 23.2 Å². The number of fused-ring (bicyclic) bond motifs is 1. The number of hydrogen-bond acceptors (Lipinski definition) is 2. The lowest BCUT2D eigenvalue weighted by atomic mass is 9.89. The smallest absolute Gasteiger partial charge is 0.315 e. The molecule has 2 amide bonds. The number of benzene rings is 1. The molecule has 0 radical (unpaired) electrons. The van der Waals surface area contributed by atoms with E-state index in [1.54, 1.807) is 0 Å². The number of pyridine rings is 1. The number of halogens is 3. The second-order valence-electron chi connectivity index (χ2n) is 5.25. The van der Waals surface area contributed by atoms with Crippen molar-refractivity contribution in [3.05, 3.63) is 67.3 Å². The summed E-state index contributed by atoms with van der Waals surface area (Å²) in [6.45, 7) is 0.274. The fraction of sp³-hybridized carbons (Fsp3) is 0.200. The van der Waals surface area contributed by atoms with Gasteiger partial charge in [-0.05, 0) is 29.7 Å². The van der Waals surface area contributed by atoms with Gasteiger partial charge in [-0.3, -0.25) is 4.79 Å². The molecule has 0 saturated carbocycles. The van der Waals surface area contributed by atoms with Gasteiger partial charge in [0.25, 0.3) is 0 Å². The number of H-pyrrole nitrogens is 1. The number of carbonyl (C=O) groups excluding carboxylic acids is 1. The van der Waals surface area contributed by atoms with Gasteiger partial charge in [-0.25, -0.2) is 9.18 Å². The van der Waals surface area contributed by atoms with Crippen molar-refractivity contribution in [2.75, 3.05) is 6.54 Å². The molecule has 1 aromatic heterocycles. The quantitative estimate of drug-likeness (QED) is 0.771. The highest BCUT2D eigenvalue weighted by Gasteiger charge is 2.33. The summed E-state index contributed by atoms with van der Waals surface area (Å²) in [5.41, 5.74) is 6.69. The first kappa shape index (κ1) is 15.8. The zero-order valence-corrected chi connectivity index (χ0v) is 13.3. The topological polar surface area (TPSA) is 79.2 Å². The molecule has 8 heteroatoms. The molecule has 2 heterocycles. The Labute approximate surface area is 140 Å². The van der Waals surface area contributed by atoms with E-state index in [-0.39, 0.29) is 27.7 Å². The second kappa shape index (κ2) is 5.86. The van der Waals surface area contributed by atoms with Crippen molar-refractivity contribution in [1.29, 1.82) is 0 Å². The summed E-state index contributed by atoms with van der Waals surface area (Å²) in [5.74, 6) is -0.602. The first-order valence-electron chi connectivity index (χ1n) is 6.80. The van der Waals surface area contributed by atoms with E-state index in [1.807, 2.05) is 0 Å². The van der Waals surface area contributed by atoms with E-state index in [4.69, 9.17) is 28.9 Å². The molecule has 3 N–H and O–H groups in total. The highest BCUT2D eigenvalue weighted by molar-refractivity contribution is 6.42. The Morgan fingerprint density at radius 3 is 2.65 bits per heavy atom. The minimum absolute atomic E-state index is 0.0797. The van der Waals surface area contributed by atoms with Crippen LogP contribution >= 0.6 is 23.2 Å². The van der Waals surface area contributed by atoms with Crippen LogP contribution in [0.1, 0.15) is 22.7 Å². The maximum Gasteiger partial charge on any atom is 0.315 e. The minimum Gasteiger partial charge on any atom is -0.351 e. The number of rotatable bonds is 1. The van der Waals surface area contributed by atoms with E-state index in [9.17, 15) is 14.0 Å². The second-order valence-corrected chi connectivity index (χ2v) is 6.06. The number of aromatic nitrogens is 1. The molecule has 0 aliphatic carbocycles. The number of nitrogens with zero attached hydrogens (tertiary/aromatic N) is 1. The summed E-state index contributed by atoms with van der Waals surface area (Å²) < 4.78 is 14.4. The molecule has 1 aliphatic rings. The van der Waals surface area contributed by atoms with Crippen molar-refractivity contribution < 1.29 is 9.18 Å². The molecule has 0 saturated heterocycles. The zero-order chi connectivity index (χ0) is 16.7. The molecule has 0 spiro atoms. The maximum atomic E-state index is 14.4. The average molecular weight is 356 g/mol. The van der Waals surface area contributed by atoms with E-state index >= 15 is 0 Å². The van der Waals surface area contributed by atoms with Crippen molar-refractivity contribution in [3.63, 3.8) is 0 Å². The Kier molecular flexibility index (Phi) is 4.04. The minimum atomic E-state index is -0.775. The van der Waals surface area contributed by atoms with Crippen LogP contribution in [0.4, 0.5) is 9.18 Å². The number of hydrogen-bond donors (Lipinski definition) is 2. The lowest BCUT2D eigenvalue weighted by Crippen LogP contribution is -2.44. The Balaban J connectivity index is 2.23. The first-order valence-corrected chi connectivity index (χ1v) is 7.56. The van der Waals surface area contributed by atoms with Gasteiger partial charge in [0.05, 0.1) is 16.1 Å². The Morgan fingerprint density at radius 2 is 1.96 bits per heavy atom. The summed E-state index contributed by atoms with van der Waals surface area (Å²) in [6, 6.07) is 2.45. The standard InChI is InChI=1S/C15H12Cl2FN3O2/c16-10-4-8(12(18)5-11(10)17)14-9-6-20-13(22)3-7(9)1-2-21(14)15(19)23/h3-6,14H,1-2H2,(H2,19,23)(H,20,22). The number of urea groups is 1. The fourth-order valence-corrected chi connectivity index (χ4v) is 3.18. The molecule has 1 aromatic carbocycles. The summed E-state index contributed by atoms with van der Waals surface area (Å²) >= 11 is 11.8. The van der Waals surface area contributed by atoms with Crippen LogP contribution in [-0.4, -0.2) is 22.5 Å². The van der Waals surface area contributed by atoms with Gasteiger partial charge in [-0.1, -0.05) is 23.2 Å². The zero-order valence-electron chi connectivity index (χ0n) is 11.8. The Morgan fingerprint density at radius 1 is 1.26 bits per heavy atom. The normalized spacial score (nSPS) is 17.0. The van der Waals surface area contributed by atoms with Gasteiger partial charge in [-0.15, -0.1) is 0 Å². The maximum absolute atomic E-state index is 14.4. The van der Waals surface area contributed by atoms with Crippen LogP contribution in [0.3, 0.4) is 0 Å². The molecule has 1 unspecified atom stereocenters. The summed E-state index contributed by atoms with van der Waals surface area (Å²) in [7, 11) is 0. The lowest BCUT2D eigenvalue weighted by Gasteiger charge is -2.36. The van der Waals surface area contributed by atoms with Crippen LogP contribution in [0.2, 0.25) is 10.0 Å². The van der Waals surface area contributed by atoms with Crippen LogP contribution in [-0.2, 0) is 6.42 Å². The third-order valence-corrected chi connectivity index (χ3v) is 4.61. The Bertz CT molecular complexity index is 853. The van der Waals surface area contributed by atoms with Gasteiger partial charge < -0.3 is 15.6 Å². The van der Waals surface area contributed by atoms with Gasteiger partial charge in [0, 0.05) is 24.4 Å². The molecular weight excluding hydrogens is 344 g/mol. The van der Waals surface area contributed by atoms with Crippen LogP contribution in [0, 0.1) is 5.82 Å². The van der Waals surface area contributed by atoms with Crippen LogP contribution in [0.25, 0.3) is 0 Å². The van der Waals surface area contributed by atoms with Gasteiger partial charge in [0.1, 0.15) is 5.82 Å². The summed E-state index contributed by atoms with van der Waals surface area (Å²) in [4.78, 5) is 27.1. The third kappa shape index (κ3) is 2.80. The molecule has 5 nitrogen and oxygen atoms in total.